The first-order valence-corrected chi connectivity index (χ1v) is 7.71. The van der Waals surface area contributed by atoms with Crippen LogP contribution in [-0.2, 0) is 11.3 Å². The second-order valence-corrected chi connectivity index (χ2v) is 6.20. The summed E-state index contributed by atoms with van der Waals surface area (Å²) < 4.78 is 0. The highest BCUT2D eigenvalue weighted by atomic mass is 16.4. The van der Waals surface area contributed by atoms with E-state index in [0.29, 0.717) is 12.3 Å². The molecule has 1 aliphatic rings. The molecule has 116 valence electrons. The van der Waals surface area contributed by atoms with Crippen LogP contribution in [0, 0.1) is 25.7 Å². The number of carboxylic acids is 1. The van der Waals surface area contributed by atoms with Gasteiger partial charge in [0.25, 0.3) is 0 Å². The van der Waals surface area contributed by atoms with Crippen LogP contribution < -0.4 is 5.32 Å². The smallest absolute Gasteiger partial charge is 0.306 e. The van der Waals surface area contributed by atoms with Gasteiger partial charge in [0.15, 0.2) is 0 Å². The van der Waals surface area contributed by atoms with Crippen molar-refractivity contribution in [2.24, 2.45) is 11.8 Å². The fourth-order valence-corrected chi connectivity index (χ4v) is 3.33. The molecular formula is C17H25NO3. The summed E-state index contributed by atoms with van der Waals surface area (Å²) in [6, 6.07) is 3.95. The molecule has 4 heteroatoms. The van der Waals surface area contributed by atoms with E-state index in [0.717, 1.165) is 48.9 Å². The Hall–Kier alpha value is -1.55. The van der Waals surface area contributed by atoms with E-state index in [4.69, 9.17) is 0 Å². The van der Waals surface area contributed by atoms with Crippen LogP contribution in [0.1, 0.15) is 42.4 Å². The van der Waals surface area contributed by atoms with Crippen molar-refractivity contribution in [3.63, 3.8) is 0 Å². The first-order chi connectivity index (χ1) is 9.99. The van der Waals surface area contributed by atoms with Crippen LogP contribution >= 0.6 is 0 Å². The van der Waals surface area contributed by atoms with Gasteiger partial charge in [0.05, 0.1) is 5.92 Å². The molecule has 2 atom stereocenters. The molecule has 0 aromatic heterocycles. The molecule has 1 aliphatic carbocycles. The van der Waals surface area contributed by atoms with Crippen LogP contribution in [0.5, 0.6) is 5.75 Å². The van der Waals surface area contributed by atoms with Gasteiger partial charge in [-0.1, -0.05) is 25.0 Å². The van der Waals surface area contributed by atoms with E-state index >= 15 is 0 Å². The third-order valence-electron chi connectivity index (χ3n) is 4.51. The third kappa shape index (κ3) is 3.97. The quantitative estimate of drug-likeness (QED) is 0.780. The molecular weight excluding hydrogens is 266 g/mol. The van der Waals surface area contributed by atoms with E-state index in [1.54, 1.807) is 0 Å². The molecule has 2 unspecified atom stereocenters. The molecule has 0 aliphatic heterocycles. The summed E-state index contributed by atoms with van der Waals surface area (Å²) in [4.78, 5) is 11.3. The SMILES string of the molecule is Cc1cc(CNCC2CCCCC2C(=O)O)cc(C)c1O. The fourth-order valence-electron chi connectivity index (χ4n) is 3.33. The number of carboxylic acid groups (broad SMARTS) is 1. The average molecular weight is 291 g/mol. The van der Waals surface area contributed by atoms with E-state index in [1.807, 2.05) is 26.0 Å². The molecule has 0 saturated heterocycles. The van der Waals surface area contributed by atoms with Gasteiger partial charge < -0.3 is 15.5 Å². The number of benzene rings is 1. The fraction of sp³-hybridized carbons (Fsp3) is 0.588. The summed E-state index contributed by atoms with van der Waals surface area (Å²) in [6.45, 7) is 5.25. The summed E-state index contributed by atoms with van der Waals surface area (Å²) in [5, 5.41) is 22.4. The molecule has 3 N–H and O–H groups in total. The number of aliphatic carboxylic acids is 1. The van der Waals surface area contributed by atoms with Gasteiger partial charge in [0.1, 0.15) is 5.75 Å². The van der Waals surface area contributed by atoms with Crippen molar-refractivity contribution in [3.8, 4) is 5.75 Å². The monoisotopic (exact) mass is 291 g/mol. The maximum absolute atomic E-state index is 11.3. The first kappa shape index (κ1) is 15.8. The zero-order valence-electron chi connectivity index (χ0n) is 12.9. The predicted octanol–water partition coefficient (Wildman–Crippen LogP) is 2.99. The van der Waals surface area contributed by atoms with Crippen molar-refractivity contribution < 1.29 is 15.0 Å². The zero-order valence-corrected chi connectivity index (χ0v) is 12.9. The third-order valence-corrected chi connectivity index (χ3v) is 4.51. The van der Waals surface area contributed by atoms with Crippen LogP contribution in [0.2, 0.25) is 0 Å². The van der Waals surface area contributed by atoms with Gasteiger partial charge >= 0.3 is 5.97 Å². The van der Waals surface area contributed by atoms with E-state index < -0.39 is 5.97 Å². The van der Waals surface area contributed by atoms with Gasteiger partial charge in [-0.3, -0.25) is 4.79 Å². The van der Waals surface area contributed by atoms with E-state index in [9.17, 15) is 15.0 Å². The standard InChI is InChI=1S/C17H25NO3/c1-11-7-13(8-12(2)16(11)19)9-18-10-14-5-3-4-6-15(14)17(20)21/h7-8,14-15,18-19H,3-6,9-10H2,1-2H3,(H,20,21). The van der Waals surface area contributed by atoms with Gasteiger partial charge in [-0.15, -0.1) is 0 Å². The number of hydrogen-bond acceptors (Lipinski definition) is 3. The Kier molecular flexibility index (Phi) is 5.23. The molecule has 21 heavy (non-hydrogen) atoms. The van der Waals surface area contributed by atoms with Crippen molar-refractivity contribution in [2.75, 3.05) is 6.54 Å². The molecule has 0 heterocycles. The lowest BCUT2D eigenvalue weighted by molar-refractivity contribution is -0.144. The number of phenolic OH excluding ortho intramolecular Hbond substituents is 1. The summed E-state index contributed by atoms with van der Waals surface area (Å²) in [7, 11) is 0. The van der Waals surface area contributed by atoms with Crippen molar-refractivity contribution in [1.82, 2.24) is 5.32 Å². The summed E-state index contributed by atoms with van der Waals surface area (Å²) >= 11 is 0. The number of phenols is 1. The van der Waals surface area contributed by atoms with E-state index in [2.05, 4.69) is 5.32 Å². The van der Waals surface area contributed by atoms with Gasteiger partial charge in [-0.05, 0) is 55.8 Å². The van der Waals surface area contributed by atoms with Crippen LogP contribution in [0.3, 0.4) is 0 Å². The number of aryl methyl sites for hydroxylation is 2. The van der Waals surface area contributed by atoms with Crippen LogP contribution in [0.25, 0.3) is 0 Å². The summed E-state index contributed by atoms with van der Waals surface area (Å²) in [6.07, 6.45) is 3.97. The maximum atomic E-state index is 11.3. The largest absolute Gasteiger partial charge is 0.507 e. The molecule has 1 aromatic carbocycles. The molecule has 2 rings (SSSR count). The Balaban J connectivity index is 1.90. The van der Waals surface area contributed by atoms with Crippen LogP contribution in [-0.4, -0.2) is 22.7 Å². The highest BCUT2D eigenvalue weighted by molar-refractivity contribution is 5.70. The zero-order chi connectivity index (χ0) is 15.4. The minimum absolute atomic E-state index is 0.199. The molecule has 1 aromatic rings. The second-order valence-electron chi connectivity index (χ2n) is 6.20. The van der Waals surface area contributed by atoms with Gasteiger partial charge in [-0.25, -0.2) is 0 Å². The number of hydrogen-bond donors (Lipinski definition) is 3. The lowest BCUT2D eigenvalue weighted by Crippen LogP contribution is -2.34. The van der Waals surface area contributed by atoms with Gasteiger partial charge in [-0.2, -0.15) is 0 Å². The average Bonchev–Trinajstić information content (AvgIpc) is 2.45. The highest BCUT2D eigenvalue weighted by Crippen LogP contribution is 2.30. The molecule has 0 radical (unpaired) electrons. The number of aromatic hydroxyl groups is 1. The lowest BCUT2D eigenvalue weighted by atomic mass is 9.79. The molecule has 1 fully saturated rings. The minimum atomic E-state index is -0.655. The molecule has 0 amide bonds. The summed E-state index contributed by atoms with van der Waals surface area (Å²) in [5.41, 5.74) is 2.89. The van der Waals surface area contributed by atoms with Crippen molar-refractivity contribution in [3.05, 3.63) is 28.8 Å². The predicted molar refractivity (Wildman–Crippen MR) is 82.4 cm³/mol. The number of rotatable bonds is 5. The molecule has 0 bridgehead atoms. The lowest BCUT2D eigenvalue weighted by Gasteiger charge is -2.28. The first-order valence-electron chi connectivity index (χ1n) is 7.71. The van der Waals surface area contributed by atoms with Crippen LogP contribution in [0.15, 0.2) is 12.1 Å². The van der Waals surface area contributed by atoms with E-state index in [1.165, 1.54) is 0 Å². The number of nitrogens with one attached hydrogen (secondary N) is 1. The molecule has 4 nitrogen and oxygen atoms in total. The Morgan fingerprint density at radius 2 is 1.86 bits per heavy atom. The second kappa shape index (κ2) is 6.94. The van der Waals surface area contributed by atoms with Crippen molar-refractivity contribution >= 4 is 5.97 Å². The highest BCUT2D eigenvalue weighted by Gasteiger charge is 2.30. The Bertz CT molecular complexity index is 490. The number of carbonyl (C=O) groups is 1. The van der Waals surface area contributed by atoms with Gasteiger partial charge in [0, 0.05) is 6.54 Å². The minimum Gasteiger partial charge on any atom is -0.507 e. The Morgan fingerprint density at radius 1 is 1.24 bits per heavy atom. The Labute approximate surface area is 126 Å². The topological polar surface area (TPSA) is 69.6 Å². The molecule has 0 spiro atoms. The normalized spacial score (nSPS) is 22.2. The Morgan fingerprint density at radius 3 is 2.48 bits per heavy atom. The van der Waals surface area contributed by atoms with Crippen molar-refractivity contribution in [1.29, 1.82) is 0 Å². The summed E-state index contributed by atoms with van der Waals surface area (Å²) in [5.74, 6) is -0.264. The van der Waals surface area contributed by atoms with Gasteiger partial charge in [0.2, 0.25) is 0 Å². The van der Waals surface area contributed by atoms with Crippen LogP contribution in [0.4, 0.5) is 0 Å². The van der Waals surface area contributed by atoms with Crippen molar-refractivity contribution in [2.45, 2.75) is 46.1 Å². The van der Waals surface area contributed by atoms with E-state index in [-0.39, 0.29) is 11.8 Å². The molecule has 1 saturated carbocycles. The maximum Gasteiger partial charge on any atom is 0.306 e.